The molecule has 1 aliphatic rings. The second-order valence-corrected chi connectivity index (χ2v) is 6.87. The van der Waals surface area contributed by atoms with Gasteiger partial charge in [-0.15, -0.1) is 5.10 Å². The monoisotopic (exact) mass is 333 g/mol. The number of aryl methyl sites for hydroxylation is 2. The van der Waals surface area contributed by atoms with E-state index in [0.717, 1.165) is 44.3 Å². The third-order valence-corrected chi connectivity index (χ3v) is 5.20. The highest BCUT2D eigenvalue weighted by Crippen LogP contribution is 2.24. The molecule has 1 atom stereocenters. The number of rotatable bonds is 4. The van der Waals surface area contributed by atoms with Crippen LogP contribution in [0.4, 0.5) is 4.39 Å². The first-order chi connectivity index (χ1) is 11.1. The summed E-state index contributed by atoms with van der Waals surface area (Å²) in [4.78, 5) is 15.1. The SMILES string of the molecule is Cc1nnsc1C(=O)N1CCCC(CCc2cccc(F)c2)C1. The Balaban J connectivity index is 1.58. The van der Waals surface area contributed by atoms with Gasteiger partial charge >= 0.3 is 0 Å². The zero-order chi connectivity index (χ0) is 16.2. The minimum absolute atomic E-state index is 0.0490. The minimum Gasteiger partial charge on any atom is -0.338 e. The van der Waals surface area contributed by atoms with Crippen molar-refractivity contribution in [3.8, 4) is 0 Å². The summed E-state index contributed by atoms with van der Waals surface area (Å²) in [6.45, 7) is 3.39. The molecular formula is C17H20FN3OS. The summed E-state index contributed by atoms with van der Waals surface area (Å²) >= 11 is 1.17. The summed E-state index contributed by atoms with van der Waals surface area (Å²) in [6, 6.07) is 6.77. The van der Waals surface area contributed by atoms with Crippen LogP contribution in [0.3, 0.4) is 0 Å². The van der Waals surface area contributed by atoms with Crippen molar-refractivity contribution in [2.45, 2.75) is 32.6 Å². The first-order valence-electron chi connectivity index (χ1n) is 7.96. The first kappa shape index (κ1) is 16.1. The van der Waals surface area contributed by atoms with Crippen molar-refractivity contribution in [3.63, 3.8) is 0 Å². The van der Waals surface area contributed by atoms with E-state index in [1.54, 1.807) is 12.1 Å². The van der Waals surface area contributed by atoms with Crippen molar-refractivity contribution < 1.29 is 9.18 Å². The molecule has 1 amide bonds. The lowest BCUT2D eigenvalue weighted by molar-refractivity contribution is 0.0672. The summed E-state index contributed by atoms with van der Waals surface area (Å²) < 4.78 is 17.1. The average molecular weight is 333 g/mol. The molecule has 4 nitrogen and oxygen atoms in total. The van der Waals surface area contributed by atoms with Gasteiger partial charge in [-0.3, -0.25) is 4.79 Å². The summed E-state index contributed by atoms with van der Waals surface area (Å²) in [7, 11) is 0. The third kappa shape index (κ3) is 3.93. The largest absolute Gasteiger partial charge is 0.338 e. The molecule has 0 spiro atoms. The highest BCUT2D eigenvalue weighted by atomic mass is 32.1. The molecule has 1 unspecified atom stereocenters. The Hall–Kier alpha value is -1.82. The number of carbonyl (C=O) groups excluding carboxylic acids is 1. The van der Waals surface area contributed by atoms with E-state index in [1.807, 2.05) is 17.9 Å². The molecule has 2 aromatic rings. The number of piperidine rings is 1. The third-order valence-electron chi connectivity index (χ3n) is 4.38. The minimum atomic E-state index is -0.184. The molecule has 1 aromatic carbocycles. The van der Waals surface area contributed by atoms with Crippen LogP contribution in [0.5, 0.6) is 0 Å². The van der Waals surface area contributed by atoms with Crippen LogP contribution in [0.1, 0.15) is 40.2 Å². The van der Waals surface area contributed by atoms with Gasteiger partial charge in [-0.25, -0.2) is 4.39 Å². The number of carbonyl (C=O) groups is 1. The molecule has 3 rings (SSSR count). The summed E-state index contributed by atoms with van der Waals surface area (Å²) in [5, 5.41) is 3.92. The van der Waals surface area contributed by atoms with Gasteiger partial charge in [0, 0.05) is 13.1 Å². The number of benzene rings is 1. The van der Waals surface area contributed by atoms with Crippen molar-refractivity contribution in [2.24, 2.45) is 5.92 Å². The quantitative estimate of drug-likeness (QED) is 0.861. The molecule has 1 aromatic heterocycles. The van der Waals surface area contributed by atoms with Crippen molar-refractivity contribution in [3.05, 3.63) is 46.2 Å². The molecule has 0 aliphatic carbocycles. The van der Waals surface area contributed by atoms with Crippen molar-refractivity contribution in [2.75, 3.05) is 13.1 Å². The molecule has 1 fully saturated rings. The van der Waals surface area contributed by atoms with E-state index in [-0.39, 0.29) is 11.7 Å². The Morgan fingerprint density at radius 2 is 2.35 bits per heavy atom. The Labute approximate surface area is 139 Å². The zero-order valence-corrected chi connectivity index (χ0v) is 14.0. The van der Waals surface area contributed by atoms with Gasteiger partial charge in [-0.05, 0) is 67.8 Å². The van der Waals surface area contributed by atoms with Crippen LogP contribution in [0.2, 0.25) is 0 Å². The fourth-order valence-electron chi connectivity index (χ4n) is 3.12. The lowest BCUT2D eigenvalue weighted by Crippen LogP contribution is -2.40. The van der Waals surface area contributed by atoms with Crippen LogP contribution in [-0.4, -0.2) is 33.5 Å². The normalized spacial score (nSPS) is 18.2. The van der Waals surface area contributed by atoms with E-state index in [0.29, 0.717) is 16.5 Å². The molecule has 23 heavy (non-hydrogen) atoms. The van der Waals surface area contributed by atoms with Crippen LogP contribution in [-0.2, 0) is 6.42 Å². The highest BCUT2D eigenvalue weighted by molar-refractivity contribution is 7.07. The molecule has 6 heteroatoms. The van der Waals surface area contributed by atoms with E-state index < -0.39 is 0 Å². The predicted molar refractivity (Wildman–Crippen MR) is 88.0 cm³/mol. The van der Waals surface area contributed by atoms with E-state index in [2.05, 4.69) is 9.59 Å². The maximum Gasteiger partial charge on any atom is 0.267 e. The number of hydrogen-bond donors (Lipinski definition) is 0. The number of aromatic nitrogens is 2. The van der Waals surface area contributed by atoms with Gasteiger partial charge < -0.3 is 4.90 Å². The molecule has 0 radical (unpaired) electrons. The number of amides is 1. The van der Waals surface area contributed by atoms with Crippen LogP contribution < -0.4 is 0 Å². The van der Waals surface area contributed by atoms with Gasteiger partial charge in [0.05, 0.1) is 5.69 Å². The summed E-state index contributed by atoms with van der Waals surface area (Å²) in [5.74, 6) is 0.334. The summed E-state index contributed by atoms with van der Waals surface area (Å²) in [6.07, 6.45) is 3.97. The number of nitrogens with zero attached hydrogens (tertiary/aromatic N) is 3. The first-order valence-corrected chi connectivity index (χ1v) is 8.73. The standard InChI is InChI=1S/C17H20FN3OS/c1-12-16(23-20-19-12)17(22)21-9-3-5-14(11-21)8-7-13-4-2-6-15(18)10-13/h2,4,6,10,14H,3,5,7-9,11H2,1H3. The molecule has 1 aliphatic heterocycles. The molecule has 1 saturated heterocycles. The van der Waals surface area contributed by atoms with E-state index >= 15 is 0 Å². The second kappa shape index (κ2) is 7.17. The predicted octanol–water partition coefficient (Wildman–Crippen LogP) is 3.47. The molecule has 0 saturated carbocycles. The van der Waals surface area contributed by atoms with Crippen LogP contribution in [0.25, 0.3) is 0 Å². The van der Waals surface area contributed by atoms with E-state index in [4.69, 9.17) is 0 Å². The highest BCUT2D eigenvalue weighted by Gasteiger charge is 2.26. The Morgan fingerprint density at radius 1 is 1.48 bits per heavy atom. The topological polar surface area (TPSA) is 46.1 Å². The number of likely N-dealkylation sites (tertiary alicyclic amines) is 1. The molecular weight excluding hydrogens is 313 g/mol. The van der Waals surface area contributed by atoms with Crippen LogP contribution in [0.15, 0.2) is 24.3 Å². The van der Waals surface area contributed by atoms with Gasteiger partial charge in [-0.1, -0.05) is 16.6 Å². The van der Waals surface area contributed by atoms with Gasteiger partial charge in [0.2, 0.25) is 0 Å². The van der Waals surface area contributed by atoms with Crippen molar-refractivity contribution in [1.82, 2.24) is 14.5 Å². The molecule has 0 N–H and O–H groups in total. The van der Waals surface area contributed by atoms with Crippen LogP contribution in [0, 0.1) is 18.7 Å². The second-order valence-electron chi connectivity index (χ2n) is 6.12. The Kier molecular flexibility index (Phi) is 5.00. The maximum absolute atomic E-state index is 13.2. The lowest BCUT2D eigenvalue weighted by atomic mass is 9.91. The van der Waals surface area contributed by atoms with E-state index in [1.165, 1.54) is 17.6 Å². The van der Waals surface area contributed by atoms with Crippen LogP contribution >= 0.6 is 11.5 Å². The Morgan fingerprint density at radius 3 is 3.09 bits per heavy atom. The lowest BCUT2D eigenvalue weighted by Gasteiger charge is -2.32. The van der Waals surface area contributed by atoms with Crippen molar-refractivity contribution >= 4 is 17.4 Å². The number of halogens is 1. The fourth-order valence-corrected chi connectivity index (χ4v) is 3.74. The fraction of sp³-hybridized carbons (Fsp3) is 0.471. The smallest absolute Gasteiger partial charge is 0.267 e. The van der Waals surface area contributed by atoms with Crippen molar-refractivity contribution in [1.29, 1.82) is 0 Å². The van der Waals surface area contributed by atoms with Gasteiger partial charge in [-0.2, -0.15) is 0 Å². The van der Waals surface area contributed by atoms with E-state index in [9.17, 15) is 9.18 Å². The van der Waals surface area contributed by atoms with Gasteiger partial charge in [0.1, 0.15) is 10.7 Å². The molecule has 2 heterocycles. The number of hydrogen-bond acceptors (Lipinski definition) is 4. The van der Waals surface area contributed by atoms with Gasteiger partial charge in [0.15, 0.2) is 0 Å². The summed E-state index contributed by atoms with van der Waals surface area (Å²) in [5.41, 5.74) is 1.73. The maximum atomic E-state index is 13.2. The Bertz CT molecular complexity index is 688. The average Bonchev–Trinajstić information content (AvgIpc) is 2.99. The van der Waals surface area contributed by atoms with Gasteiger partial charge in [0.25, 0.3) is 5.91 Å². The molecule has 122 valence electrons. The zero-order valence-electron chi connectivity index (χ0n) is 13.2. The molecule has 0 bridgehead atoms.